The molecule has 0 unspecified atom stereocenters. The van der Waals surface area contributed by atoms with Crippen LogP contribution in [0.2, 0.25) is 10.0 Å². The smallest absolute Gasteiger partial charge is 0.345 e. The van der Waals surface area contributed by atoms with Crippen molar-refractivity contribution in [2.75, 3.05) is 25.6 Å². The van der Waals surface area contributed by atoms with Crippen LogP contribution in [0.25, 0.3) is 0 Å². The Morgan fingerprint density at radius 3 is 2.55 bits per heavy atom. The van der Waals surface area contributed by atoms with Crippen LogP contribution >= 0.6 is 23.2 Å². The molecule has 0 spiro atoms. The predicted molar refractivity (Wildman–Crippen MR) is 106 cm³/mol. The summed E-state index contributed by atoms with van der Waals surface area (Å²) in [4.78, 5) is 34.9. The van der Waals surface area contributed by atoms with Gasteiger partial charge in [-0.25, -0.2) is 4.79 Å². The largest absolute Gasteiger partial charge is 0.493 e. The van der Waals surface area contributed by atoms with Crippen molar-refractivity contribution in [2.24, 2.45) is 0 Å². The maximum Gasteiger partial charge on any atom is 0.345 e. The van der Waals surface area contributed by atoms with E-state index >= 15 is 0 Å². The molecule has 2 aromatic rings. The maximum absolute atomic E-state index is 12.4. The first-order chi connectivity index (χ1) is 13.8. The summed E-state index contributed by atoms with van der Waals surface area (Å²) in [5.41, 5.74) is -0.698. The van der Waals surface area contributed by atoms with Gasteiger partial charge in [0.2, 0.25) is 0 Å². The number of hydrogen-bond donors (Lipinski definition) is 1. The molecule has 29 heavy (non-hydrogen) atoms. The van der Waals surface area contributed by atoms with Crippen LogP contribution in [0.1, 0.15) is 17.3 Å². The highest BCUT2D eigenvalue weighted by atomic mass is 35.5. The van der Waals surface area contributed by atoms with Crippen molar-refractivity contribution in [3.63, 3.8) is 0 Å². The molecule has 0 aliphatic heterocycles. The molecule has 0 saturated carbocycles. The van der Waals surface area contributed by atoms with Crippen LogP contribution < -0.4 is 14.8 Å². The summed E-state index contributed by atoms with van der Waals surface area (Å²) in [5.74, 6) is -1.57. The minimum absolute atomic E-state index is 0.0865. The van der Waals surface area contributed by atoms with Crippen LogP contribution in [0.5, 0.6) is 11.5 Å². The Labute approximate surface area is 175 Å². The van der Waals surface area contributed by atoms with E-state index in [1.54, 1.807) is 19.1 Å². The Hall–Kier alpha value is -3.04. The van der Waals surface area contributed by atoms with Crippen LogP contribution in [-0.2, 0) is 9.53 Å². The summed E-state index contributed by atoms with van der Waals surface area (Å²) in [7, 11) is 1.31. The van der Waals surface area contributed by atoms with Gasteiger partial charge in [0, 0.05) is 6.07 Å². The molecule has 154 valence electrons. The minimum Gasteiger partial charge on any atom is -0.493 e. The minimum atomic E-state index is -1.08. The van der Waals surface area contributed by atoms with Crippen molar-refractivity contribution in [3.05, 3.63) is 56.1 Å². The second-order valence-electron chi connectivity index (χ2n) is 5.44. The van der Waals surface area contributed by atoms with E-state index in [1.165, 1.54) is 13.2 Å². The Morgan fingerprint density at radius 2 is 1.93 bits per heavy atom. The highest BCUT2D eigenvalue weighted by molar-refractivity contribution is 6.44. The van der Waals surface area contributed by atoms with Gasteiger partial charge in [-0.05, 0) is 19.1 Å². The van der Waals surface area contributed by atoms with Crippen LogP contribution in [0.4, 0.5) is 11.4 Å². The molecule has 1 N–H and O–H groups in total. The van der Waals surface area contributed by atoms with E-state index in [0.29, 0.717) is 0 Å². The fourth-order valence-corrected chi connectivity index (χ4v) is 2.63. The van der Waals surface area contributed by atoms with E-state index in [0.717, 1.165) is 12.1 Å². The summed E-state index contributed by atoms with van der Waals surface area (Å²) >= 11 is 11.8. The molecule has 0 aliphatic rings. The zero-order chi connectivity index (χ0) is 21.6. The maximum atomic E-state index is 12.4. The van der Waals surface area contributed by atoms with Crippen LogP contribution in [0, 0.1) is 10.1 Å². The van der Waals surface area contributed by atoms with Crippen molar-refractivity contribution < 1.29 is 28.7 Å². The van der Waals surface area contributed by atoms with Gasteiger partial charge in [0.15, 0.2) is 18.1 Å². The summed E-state index contributed by atoms with van der Waals surface area (Å²) in [6, 6.07) is 6.81. The zero-order valence-electron chi connectivity index (χ0n) is 15.4. The number of halogens is 2. The third-order valence-electron chi connectivity index (χ3n) is 3.56. The summed E-state index contributed by atoms with van der Waals surface area (Å²) < 4.78 is 15.3. The number of amides is 1. The number of anilines is 1. The number of benzene rings is 2. The molecule has 0 atom stereocenters. The van der Waals surface area contributed by atoms with Crippen LogP contribution in [0.3, 0.4) is 0 Å². The van der Waals surface area contributed by atoms with Gasteiger partial charge < -0.3 is 19.5 Å². The average Bonchev–Trinajstić information content (AvgIpc) is 2.69. The van der Waals surface area contributed by atoms with Crippen molar-refractivity contribution in [3.8, 4) is 11.5 Å². The number of hydrogen-bond acceptors (Lipinski definition) is 7. The highest BCUT2D eigenvalue weighted by Gasteiger charge is 2.26. The molecular weight excluding hydrogens is 427 g/mol. The fourth-order valence-electron chi connectivity index (χ4n) is 2.29. The predicted octanol–water partition coefficient (Wildman–Crippen LogP) is 4.10. The van der Waals surface area contributed by atoms with Gasteiger partial charge in [0.1, 0.15) is 5.56 Å². The molecule has 0 aromatic heterocycles. The highest BCUT2D eigenvalue weighted by Crippen LogP contribution is 2.35. The second kappa shape index (κ2) is 9.94. The molecular formula is C18H16Cl2N2O7. The Balaban J connectivity index is 2.17. The lowest BCUT2D eigenvalue weighted by Gasteiger charge is -2.12. The lowest BCUT2D eigenvalue weighted by atomic mass is 10.1. The van der Waals surface area contributed by atoms with Gasteiger partial charge >= 0.3 is 5.97 Å². The molecule has 0 radical (unpaired) electrons. The molecule has 0 heterocycles. The molecule has 0 aliphatic carbocycles. The Kier molecular flexibility index (Phi) is 7.63. The Bertz CT molecular complexity index is 950. The number of esters is 1. The summed E-state index contributed by atoms with van der Waals surface area (Å²) in [5, 5.41) is 14.1. The number of methoxy groups -OCH3 is 1. The van der Waals surface area contributed by atoms with Crippen molar-refractivity contribution in [2.45, 2.75) is 6.92 Å². The van der Waals surface area contributed by atoms with Gasteiger partial charge in [-0.15, -0.1) is 0 Å². The molecule has 11 heteroatoms. The SMILES string of the molecule is CCOc1cc(C(=O)OCC(=O)Nc2cccc(Cl)c2Cl)c([N+](=O)[O-])cc1OC. The van der Waals surface area contributed by atoms with E-state index in [2.05, 4.69) is 5.32 Å². The van der Waals surface area contributed by atoms with E-state index < -0.39 is 29.1 Å². The lowest BCUT2D eigenvalue weighted by Crippen LogP contribution is -2.21. The molecule has 2 aromatic carbocycles. The van der Waals surface area contributed by atoms with E-state index in [4.69, 9.17) is 37.4 Å². The first-order valence-corrected chi connectivity index (χ1v) is 8.94. The first kappa shape index (κ1) is 22.3. The molecule has 9 nitrogen and oxygen atoms in total. The van der Waals surface area contributed by atoms with Gasteiger partial charge in [-0.2, -0.15) is 0 Å². The number of nitrogens with one attached hydrogen (secondary N) is 1. The second-order valence-corrected chi connectivity index (χ2v) is 6.22. The van der Waals surface area contributed by atoms with Gasteiger partial charge in [-0.1, -0.05) is 29.3 Å². The number of carbonyl (C=O) groups excluding carboxylic acids is 2. The van der Waals surface area contributed by atoms with Crippen LogP contribution in [0.15, 0.2) is 30.3 Å². The number of carbonyl (C=O) groups is 2. The summed E-state index contributed by atoms with van der Waals surface area (Å²) in [6.07, 6.45) is 0. The third kappa shape index (κ3) is 5.49. The van der Waals surface area contributed by atoms with E-state index in [9.17, 15) is 19.7 Å². The monoisotopic (exact) mass is 442 g/mol. The fraction of sp³-hybridized carbons (Fsp3) is 0.222. The zero-order valence-corrected chi connectivity index (χ0v) is 16.9. The van der Waals surface area contributed by atoms with E-state index in [1.807, 2.05) is 0 Å². The van der Waals surface area contributed by atoms with Crippen molar-refractivity contribution in [1.29, 1.82) is 0 Å². The molecule has 0 fully saturated rings. The number of nitro benzene ring substituents is 1. The topological polar surface area (TPSA) is 117 Å². The average molecular weight is 443 g/mol. The quantitative estimate of drug-likeness (QED) is 0.371. The number of nitro groups is 1. The van der Waals surface area contributed by atoms with Gasteiger partial charge in [0.25, 0.3) is 11.6 Å². The van der Waals surface area contributed by atoms with Crippen molar-refractivity contribution >= 4 is 46.5 Å². The number of rotatable bonds is 8. The van der Waals surface area contributed by atoms with Gasteiger partial charge in [0.05, 0.1) is 40.4 Å². The summed E-state index contributed by atoms with van der Waals surface area (Å²) in [6.45, 7) is 1.24. The van der Waals surface area contributed by atoms with Crippen LogP contribution in [-0.4, -0.2) is 37.1 Å². The number of nitrogens with zero attached hydrogens (tertiary/aromatic N) is 1. The van der Waals surface area contributed by atoms with E-state index in [-0.39, 0.29) is 39.4 Å². The molecule has 1 amide bonds. The van der Waals surface area contributed by atoms with Gasteiger partial charge in [-0.3, -0.25) is 14.9 Å². The first-order valence-electron chi connectivity index (χ1n) is 8.18. The molecule has 0 bridgehead atoms. The Morgan fingerprint density at radius 1 is 1.21 bits per heavy atom. The lowest BCUT2D eigenvalue weighted by molar-refractivity contribution is -0.385. The standard InChI is InChI=1S/C18H16Cl2N2O7/c1-3-28-15-7-10(13(22(25)26)8-14(15)27-2)18(24)29-9-16(23)21-12-6-4-5-11(19)17(12)20/h4-8H,3,9H2,1-2H3,(H,21,23). The number of ether oxygens (including phenoxy) is 3. The molecule has 2 rings (SSSR count). The third-order valence-corrected chi connectivity index (χ3v) is 4.38. The normalized spacial score (nSPS) is 10.2. The molecule has 0 saturated heterocycles. The van der Waals surface area contributed by atoms with Crippen molar-refractivity contribution in [1.82, 2.24) is 0 Å².